The molecule has 0 spiro atoms. The molecule has 2 unspecified atom stereocenters. The van der Waals surface area contributed by atoms with Crippen LogP contribution in [-0.4, -0.2) is 22.7 Å². The SMILES string of the molecule is CCCOc1cncc(C2(O)CCCC(N)C2)c1. The molecule has 1 aromatic heterocycles. The minimum atomic E-state index is -0.837. The molecule has 0 aromatic carbocycles. The predicted molar refractivity (Wildman–Crippen MR) is 70.4 cm³/mol. The van der Waals surface area contributed by atoms with Gasteiger partial charge in [-0.2, -0.15) is 0 Å². The van der Waals surface area contributed by atoms with Gasteiger partial charge in [0.1, 0.15) is 5.75 Å². The zero-order chi connectivity index (χ0) is 13.0. The lowest BCUT2D eigenvalue weighted by molar-refractivity contribution is -0.00766. The summed E-state index contributed by atoms with van der Waals surface area (Å²) < 4.78 is 5.55. The van der Waals surface area contributed by atoms with Crippen molar-refractivity contribution in [2.45, 2.75) is 50.7 Å². The molecule has 0 aliphatic heterocycles. The fraction of sp³-hybridized carbons (Fsp3) is 0.643. The Bertz CT molecular complexity index is 397. The Kier molecular flexibility index (Phi) is 4.19. The topological polar surface area (TPSA) is 68.4 Å². The Labute approximate surface area is 108 Å². The second kappa shape index (κ2) is 5.67. The highest BCUT2D eigenvalue weighted by Gasteiger charge is 2.35. The minimum Gasteiger partial charge on any atom is -0.492 e. The van der Waals surface area contributed by atoms with Crippen LogP contribution in [0.1, 0.15) is 44.6 Å². The average molecular weight is 250 g/mol. The highest BCUT2D eigenvalue weighted by Crippen LogP contribution is 2.37. The maximum atomic E-state index is 10.7. The third-order valence-corrected chi connectivity index (χ3v) is 3.49. The number of ether oxygens (including phenoxy) is 1. The summed E-state index contributed by atoms with van der Waals surface area (Å²) in [7, 11) is 0. The fourth-order valence-electron chi connectivity index (χ4n) is 2.53. The standard InChI is InChI=1S/C14H22N2O2/c1-2-6-18-13-7-11(9-16-10-13)14(17)5-3-4-12(15)8-14/h7,9-10,12,17H,2-6,8,15H2,1H3. The Morgan fingerprint density at radius 3 is 3.11 bits per heavy atom. The molecule has 100 valence electrons. The molecule has 4 heteroatoms. The van der Waals surface area contributed by atoms with E-state index in [-0.39, 0.29) is 6.04 Å². The van der Waals surface area contributed by atoms with Crippen LogP contribution < -0.4 is 10.5 Å². The summed E-state index contributed by atoms with van der Waals surface area (Å²) in [6, 6.07) is 1.96. The van der Waals surface area contributed by atoms with Crippen molar-refractivity contribution in [3.63, 3.8) is 0 Å². The largest absolute Gasteiger partial charge is 0.492 e. The van der Waals surface area contributed by atoms with E-state index in [1.165, 1.54) is 0 Å². The normalized spacial score (nSPS) is 28.1. The summed E-state index contributed by atoms with van der Waals surface area (Å²) in [5.74, 6) is 0.724. The maximum Gasteiger partial charge on any atom is 0.137 e. The van der Waals surface area contributed by atoms with Crippen molar-refractivity contribution >= 4 is 0 Å². The first-order valence-electron chi connectivity index (χ1n) is 6.70. The van der Waals surface area contributed by atoms with Gasteiger partial charge in [0.25, 0.3) is 0 Å². The molecule has 1 aliphatic carbocycles. The molecule has 2 rings (SSSR count). The molecular weight excluding hydrogens is 228 g/mol. The van der Waals surface area contributed by atoms with E-state index in [9.17, 15) is 5.11 Å². The molecule has 0 saturated heterocycles. The molecule has 1 saturated carbocycles. The number of pyridine rings is 1. The van der Waals surface area contributed by atoms with Gasteiger partial charge in [-0.3, -0.25) is 4.98 Å². The van der Waals surface area contributed by atoms with E-state index in [4.69, 9.17) is 10.5 Å². The molecule has 1 heterocycles. The van der Waals surface area contributed by atoms with Gasteiger partial charge < -0.3 is 15.6 Å². The van der Waals surface area contributed by atoms with Crippen molar-refractivity contribution in [1.82, 2.24) is 4.98 Å². The predicted octanol–water partition coefficient (Wildman–Crippen LogP) is 1.96. The maximum absolute atomic E-state index is 10.7. The van der Waals surface area contributed by atoms with Crippen molar-refractivity contribution in [2.75, 3.05) is 6.61 Å². The first kappa shape index (κ1) is 13.3. The van der Waals surface area contributed by atoms with Crippen LogP contribution in [0.4, 0.5) is 0 Å². The van der Waals surface area contributed by atoms with E-state index in [1.807, 2.05) is 6.07 Å². The van der Waals surface area contributed by atoms with E-state index in [1.54, 1.807) is 12.4 Å². The summed E-state index contributed by atoms with van der Waals surface area (Å²) in [5, 5.41) is 10.7. The zero-order valence-corrected chi connectivity index (χ0v) is 10.9. The second-order valence-electron chi connectivity index (χ2n) is 5.15. The first-order valence-corrected chi connectivity index (χ1v) is 6.70. The smallest absolute Gasteiger partial charge is 0.137 e. The first-order chi connectivity index (χ1) is 8.64. The van der Waals surface area contributed by atoms with Crippen LogP contribution in [0.2, 0.25) is 0 Å². The fourth-order valence-corrected chi connectivity index (χ4v) is 2.53. The molecule has 0 bridgehead atoms. The van der Waals surface area contributed by atoms with Gasteiger partial charge in [-0.25, -0.2) is 0 Å². The van der Waals surface area contributed by atoms with Gasteiger partial charge >= 0.3 is 0 Å². The molecule has 2 atom stereocenters. The zero-order valence-electron chi connectivity index (χ0n) is 10.9. The van der Waals surface area contributed by atoms with Crippen LogP contribution in [-0.2, 0) is 5.60 Å². The van der Waals surface area contributed by atoms with Gasteiger partial charge in [-0.1, -0.05) is 6.92 Å². The summed E-state index contributed by atoms with van der Waals surface area (Å²) in [4.78, 5) is 4.16. The Balaban J connectivity index is 2.16. The third-order valence-electron chi connectivity index (χ3n) is 3.49. The van der Waals surface area contributed by atoms with Gasteiger partial charge in [0.05, 0.1) is 18.4 Å². The van der Waals surface area contributed by atoms with Crippen LogP contribution in [0.3, 0.4) is 0 Å². The van der Waals surface area contributed by atoms with Crippen molar-refractivity contribution in [1.29, 1.82) is 0 Å². The number of hydrogen-bond donors (Lipinski definition) is 2. The van der Waals surface area contributed by atoms with E-state index in [0.29, 0.717) is 13.0 Å². The quantitative estimate of drug-likeness (QED) is 0.857. The number of nitrogens with zero attached hydrogens (tertiary/aromatic N) is 1. The van der Waals surface area contributed by atoms with Crippen molar-refractivity contribution < 1.29 is 9.84 Å². The van der Waals surface area contributed by atoms with E-state index in [2.05, 4.69) is 11.9 Å². The van der Waals surface area contributed by atoms with E-state index in [0.717, 1.165) is 37.0 Å². The van der Waals surface area contributed by atoms with Gasteiger partial charge in [0, 0.05) is 17.8 Å². The molecule has 4 nitrogen and oxygen atoms in total. The lowest BCUT2D eigenvalue weighted by Crippen LogP contribution is -2.39. The van der Waals surface area contributed by atoms with Gasteiger partial charge in [-0.05, 0) is 38.2 Å². The number of aromatic nitrogens is 1. The van der Waals surface area contributed by atoms with Gasteiger partial charge in [0.2, 0.25) is 0 Å². The molecule has 3 N–H and O–H groups in total. The number of aliphatic hydroxyl groups is 1. The van der Waals surface area contributed by atoms with E-state index < -0.39 is 5.60 Å². The molecule has 1 aromatic rings. The second-order valence-corrected chi connectivity index (χ2v) is 5.15. The summed E-state index contributed by atoms with van der Waals surface area (Å²) in [5.41, 5.74) is 5.94. The molecule has 1 aliphatic rings. The molecule has 1 fully saturated rings. The third kappa shape index (κ3) is 3.00. The average Bonchev–Trinajstić information content (AvgIpc) is 2.36. The van der Waals surface area contributed by atoms with Crippen LogP contribution in [0, 0.1) is 0 Å². The van der Waals surface area contributed by atoms with Crippen molar-refractivity contribution in [2.24, 2.45) is 5.73 Å². The van der Waals surface area contributed by atoms with Crippen LogP contribution in [0.15, 0.2) is 18.5 Å². The molecule has 0 amide bonds. The highest BCUT2D eigenvalue weighted by molar-refractivity contribution is 5.28. The number of rotatable bonds is 4. The lowest BCUT2D eigenvalue weighted by Gasteiger charge is -2.35. The lowest BCUT2D eigenvalue weighted by atomic mass is 9.78. The number of hydrogen-bond acceptors (Lipinski definition) is 4. The molecule has 0 radical (unpaired) electrons. The molecule has 18 heavy (non-hydrogen) atoms. The van der Waals surface area contributed by atoms with Crippen molar-refractivity contribution in [3.05, 3.63) is 24.0 Å². The van der Waals surface area contributed by atoms with E-state index >= 15 is 0 Å². The van der Waals surface area contributed by atoms with Gasteiger partial charge in [-0.15, -0.1) is 0 Å². The Morgan fingerprint density at radius 2 is 2.39 bits per heavy atom. The summed E-state index contributed by atoms with van der Waals surface area (Å²) in [6.07, 6.45) is 7.66. The Hall–Kier alpha value is -1.13. The van der Waals surface area contributed by atoms with Crippen molar-refractivity contribution in [3.8, 4) is 5.75 Å². The Morgan fingerprint density at radius 1 is 1.56 bits per heavy atom. The van der Waals surface area contributed by atoms with Gasteiger partial charge in [0.15, 0.2) is 0 Å². The monoisotopic (exact) mass is 250 g/mol. The molecular formula is C14H22N2O2. The highest BCUT2D eigenvalue weighted by atomic mass is 16.5. The van der Waals surface area contributed by atoms with Crippen LogP contribution in [0.25, 0.3) is 0 Å². The minimum absolute atomic E-state index is 0.0731. The summed E-state index contributed by atoms with van der Waals surface area (Å²) >= 11 is 0. The number of nitrogens with two attached hydrogens (primary N) is 1. The van der Waals surface area contributed by atoms with Crippen LogP contribution >= 0.6 is 0 Å². The summed E-state index contributed by atoms with van der Waals surface area (Å²) in [6.45, 7) is 2.73. The van der Waals surface area contributed by atoms with Crippen LogP contribution in [0.5, 0.6) is 5.75 Å².